The SMILES string of the molecule is Cc1cc(C(C)C)nc(NCC2COC(C)(C)O2)n1. The van der Waals surface area contributed by atoms with Crippen LogP contribution in [0.25, 0.3) is 0 Å². The van der Waals surface area contributed by atoms with Crippen molar-refractivity contribution in [1.29, 1.82) is 0 Å². The quantitative estimate of drug-likeness (QED) is 0.906. The highest BCUT2D eigenvalue weighted by molar-refractivity contribution is 5.29. The highest BCUT2D eigenvalue weighted by Gasteiger charge is 2.32. The van der Waals surface area contributed by atoms with Crippen molar-refractivity contribution >= 4 is 5.95 Å². The molecule has 106 valence electrons. The third kappa shape index (κ3) is 3.88. The lowest BCUT2D eigenvalue weighted by atomic mass is 10.1. The molecule has 1 N–H and O–H groups in total. The van der Waals surface area contributed by atoms with Crippen molar-refractivity contribution in [3.05, 3.63) is 17.5 Å². The Morgan fingerprint density at radius 1 is 1.42 bits per heavy atom. The molecule has 0 bridgehead atoms. The number of ether oxygens (including phenoxy) is 2. The number of hydrogen-bond acceptors (Lipinski definition) is 5. The van der Waals surface area contributed by atoms with Crippen LogP contribution in [0.15, 0.2) is 6.07 Å². The van der Waals surface area contributed by atoms with E-state index in [0.29, 0.717) is 25.0 Å². The van der Waals surface area contributed by atoms with Gasteiger partial charge in [0, 0.05) is 17.9 Å². The maximum atomic E-state index is 5.74. The lowest BCUT2D eigenvalue weighted by Gasteiger charge is -2.17. The maximum Gasteiger partial charge on any atom is 0.223 e. The van der Waals surface area contributed by atoms with Crippen molar-refractivity contribution in [2.24, 2.45) is 0 Å². The first-order valence-corrected chi connectivity index (χ1v) is 6.77. The molecule has 0 aliphatic carbocycles. The number of anilines is 1. The van der Waals surface area contributed by atoms with Gasteiger partial charge in [0.25, 0.3) is 0 Å². The van der Waals surface area contributed by atoms with Gasteiger partial charge >= 0.3 is 0 Å². The molecule has 0 radical (unpaired) electrons. The van der Waals surface area contributed by atoms with Crippen LogP contribution in [0.1, 0.15) is 45.0 Å². The second-order valence-corrected chi connectivity index (χ2v) is 5.74. The van der Waals surface area contributed by atoms with Gasteiger partial charge in [0.2, 0.25) is 5.95 Å². The third-order valence-electron chi connectivity index (χ3n) is 3.02. The number of nitrogens with zero attached hydrogens (tertiary/aromatic N) is 2. The number of rotatable bonds is 4. The van der Waals surface area contributed by atoms with Crippen molar-refractivity contribution in [3.8, 4) is 0 Å². The molecule has 1 aliphatic rings. The van der Waals surface area contributed by atoms with Gasteiger partial charge in [-0.05, 0) is 32.8 Å². The molecular weight excluding hydrogens is 242 g/mol. The minimum absolute atomic E-state index is 0.0432. The number of aromatic nitrogens is 2. The molecule has 1 fully saturated rings. The molecule has 5 heteroatoms. The van der Waals surface area contributed by atoms with E-state index in [-0.39, 0.29) is 6.10 Å². The van der Waals surface area contributed by atoms with Gasteiger partial charge in [0.1, 0.15) is 6.10 Å². The van der Waals surface area contributed by atoms with E-state index in [1.54, 1.807) is 0 Å². The summed E-state index contributed by atoms with van der Waals surface area (Å²) in [6, 6.07) is 2.02. The van der Waals surface area contributed by atoms with E-state index in [1.165, 1.54) is 0 Å². The molecule has 0 saturated carbocycles. The van der Waals surface area contributed by atoms with Crippen LogP contribution in [0.3, 0.4) is 0 Å². The van der Waals surface area contributed by atoms with Crippen molar-refractivity contribution in [2.75, 3.05) is 18.5 Å². The van der Waals surface area contributed by atoms with Gasteiger partial charge in [-0.25, -0.2) is 9.97 Å². The smallest absolute Gasteiger partial charge is 0.223 e. The first-order chi connectivity index (χ1) is 8.85. The fourth-order valence-electron chi connectivity index (χ4n) is 2.04. The summed E-state index contributed by atoms with van der Waals surface area (Å²) in [6.45, 7) is 11.3. The molecule has 0 spiro atoms. The van der Waals surface area contributed by atoms with Crippen molar-refractivity contribution in [1.82, 2.24) is 9.97 Å². The molecule has 1 aromatic heterocycles. The monoisotopic (exact) mass is 265 g/mol. The first-order valence-electron chi connectivity index (χ1n) is 6.77. The summed E-state index contributed by atoms with van der Waals surface area (Å²) in [7, 11) is 0. The van der Waals surface area contributed by atoms with Crippen LogP contribution in [0.2, 0.25) is 0 Å². The fourth-order valence-corrected chi connectivity index (χ4v) is 2.04. The zero-order chi connectivity index (χ0) is 14.0. The zero-order valence-corrected chi connectivity index (χ0v) is 12.4. The van der Waals surface area contributed by atoms with E-state index in [0.717, 1.165) is 11.4 Å². The molecule has 0 amide bonds. The van der Waals surface area contributed by atoms with Crippen LogP contribution in [-0.4, -0.2) is 35.0 Å². The van der Waals surface area contributed by atoms with Gasteiger partial charge in [-0.3, -0.25) is 0 Å². The summed E-state index contributed by atoms with van der Waals surface area (Å²) in [4.78, 5) is 8.91. The van der Waals surface area contributed by atoms with Gasteiger partial charge in [-0.1, -0.05) is 13.8 Å². The predicted octanol–water partition coefficient (Wildman–Crippen LogP) is 2.47. The summed E-state index contributed by atoms with van der Waals surface area (Å²) in [5.41, 5.74) is 2.03. The van der Waals surface area contributed by atoms with E-state index in [9.17, 15) is 0 Å². The molecule has 5 nitrogen and oxygen atoms in total. The molecular formula is C14H23N3O2. The van der Waals surface area contributed by atoms with E-state index in [1.807, 2.05) is 26.8 Å². The molecule has 1 atom stereocenters. The first kappa shape index (κ1) is 14.2. The Morgan fingerprint density at radius 3 is 2.74 bits per heavy atom. The van der Waals surface area contributed by atoms with Crippen LogP contribution in [0.4, 0.5) is 5.95 Å². The fraction of sp³-hybridized carbons (Fsp3) is 0.714. The summed E-state index contributed by atoms with van der Waals surface area (Å²) >= 11 is 0. The van der Waals surface area contributed by atoms with Gasteiger partial charge in [-0.15, -0.1) is 0 Å². The predicted molar refractivity (Wildman–Crippen MR) is 74.3 cm³/mol. The minimum Gasteiger partial charge on any atom is -0.352 e. The highest BCUT2D eigenvalue weighted by Crippen LogP contribution is 2.22. The van der Waals surface area contributed by atoms with Crippen LogP contribution in [0.5, 0.6) is 0 Å². The van der Waals surface area contributed by atoms with E-state index < -0.39 is 5.79 Å². The van der Waals surface area contributed by atoms with Crippen LogP contribution < -0.4 is 5.32 Å². The number of aryl methyl sites for hydroxylation is 1. The highest BCUT2D eigenvalue weighted by atomic mass is 16.7. The standard InChI is InChI=1S/C14H23N3O2/c1-9(2)12-6-10(3)16-13(17-12)15-7-11-8-18-14(4,5)19-11/h6,9,11H,7-8H2,1-5H3,(H,15,16,17). The van der Waals surface area contributed by atoms with Gasteiger partial charge in [0.05, 0.1) is 6.61 Å². The molecule has 2 heterocycles. The Labute approximate surface area is 114 Å². The van der Waals surface area contributed by atoms with E-state index >= 15 is 0 Å². The Bertz CT molecular complexity index is 446. The molecule has 1 aromatic rings. The average molecular weight is 265 g/mol. The van der Waals surface area contributed by atoms with E-state index in [2.05, 4.69) is 29.1 Å². The molecule has 1 saturated heterocycles. The Hall–Kier alpha value is -1.20. The summed E-state index contributed by atoms with van der Waals surface area (Å²) < 4.78 is 11.3. The second-order valence-electron chi connectivity index (χ2n) is 5.74. The normalized spacial score (nSPS) is 21.9. The molecule has 1 aliphatic heterocycles. The van der Waals surface area contributed by atoms with Gasteiger partial charge in [0.15, 0.2) is 5.79 Å². The Morgan fingerprint density at radius 2 is 2.16 bits per heavy atom. The molecule has 2 rings (SSSR count). The van der Waals surface area contributed by atoms with Crippen LogP contribution >= 0.6 is 0 Å². The van der Waals surface area contributed by atoms with Crippen molar-refractivity contribution in [2.45, 2.75) is 52.4 Å². The second kappa shape index (κ2) is 5.43. The number of nitrogens with one attached hydrogen (secondary N) is 1. The summed E-state index contributed by atoms with van der Waals surface area (Å²) in [6.07, 6.45) is 0.0432. The zero-order valence-electron chi connectivity index (χ0n) is 12.4. The lowest BCUT2D eigenvalue weighted by molar-refractivity contribution is -0.136. The lowest BCUT2D eigenvalue weighted by Crippen LogP contribution is -2.26. The van der Waals surface area contributed by atoms with Crippen molar-refractivity contribution < 1.29 is 9.47 Å². The minimum atomic E-state index is -0.483. The Kier molecular flexibility index (Phi) is 4.06. The third-order valence-corrected chi connectivity index (χ3v) is 3.02. The average Bonchev–Trinajstić information content (AvgIpc) is 2.65. The largest absolute Gasteiger partial charge is 0.352 e. The molecule has 1 unspecified atom stereocenters. The van der Waals surface area contributed by atoms with Crippen LogP contribution in [-0.2, 0) is 9.47 Å². The molecule has 0 aromatic carbocycles. The van der Waals surface area contributed by atoms with Gasteiger partial charge < -0.3 is 14.8 Å². The summed E-state index contributed by atoms with van der Waals surface area (Å²) in [5, 5.41) is 3.23. The maximum absolute atomic E-state index is 5.74. The molecule has 19 heavy (non-hydrogen) atoms. The Balaban J connectivity index is 1.96. The number of hydrogen-bond donors (Lipinski definition) is 1. The van der Waals surface area contributed by atoms with Gasteiger partial charge in [-0.2, -0.15) is 0 Å². The van der Waals surface area contributed by atoms with Crippen LogP contribution in [0, 0.1) is 6.92 Å². The van der Waals surface area contributed by atoms with E-state index in [4.69, 9.17) is 9.47 Å². The topological polar surface area (TPSA) is 56.3 Å². The van der Waals surface area contributed by atoms with Crippen molar-refractivity contribution in [3.63, 3.8) is 0 Å². The summed E-state index contributed by atoms with van der Waals surface area (Å²) in [5.74, 6) is 0.576.